The van der Waals surface area contributed by atoms with Crippen LogP contribution in [0.1, 0.15) is 30.0 Å². The first-order valence-electron chi connectivity index (χ1n) is 7.56. The van der Waals surface area contributed by atoms with E-state index in [2.05, 4.69) is 48.5 Å². The Kier molecular flexibility index (Phi) is 3.38. The van der Waals surface area contributed by atoms with E-state index >= 15 is 0 Å². The van der Waals surface area contributed by atoms with Crippen molar-refractivity contribution in [3.05, 3.63) is 48.0 Å². The third-order valence-corrected chi connectivity index (χ3v) is 3.91. The lowest BCUT2D eigenvalue weighted by atomic mass is 10.2. The summed E-state index contributed by atoms with van der Waals surface area (Å²) in [6.45, 7) is 0.576. The van der Waals surface area contributed by atoms with E-state index in [0.29, 0.717) is 18.8 Å². The zero-order valence-corrected chi connectivity index (χ0v) is 12.4. The Morgan fingerprint density at radius 1 is 1.30 bits per heavy atom. The molecule has 0 atom stereocenters. The van der Waals surface area contributed by atoms with Crippen LogP contribution in [0.2, 0.25) is 0 Å². The summed E-state index contributed by atoms with van der Waals surface area (Å²) in [4.78, 5) is 15.0. The van der Waals surface area contributed by atoms with Crippen molar-refractivity contribution in [1.82, 2.24) is 19.6 Å². The molecule has 1 aliphatic rings. The topological polar surface area (TPSA) is 84.2 Å². The molecule has 7 nitrogen and oxygen atoms in total. The fourth-order valence-corrected chi connectivity index (χ4v) is 2.59. The molecule has 23 heavy (non-hydrogen) atoms. The second-order valence-corrected chi connectivity index (χ2v) is 5.68. The number of fused-ring (bicyclic) bond motifs is 1. The summed E-state index contributed by atoms with van der Waals surface area (Å²) < 4.78 is 2.08. The van der Waals surface area contributed by atoms with Crippen molar-refractivity contribution < 1.29 is 4.79 Å². The molecule has 0 aromatic carbocycles. The van der Waals surface area contributed by atoms with Crippen LogP contribution in [0.4, 0.5) is 11.5 Å². The SMILES string of the molecule is O=CNc1cc(NCc2cn3cc(C4CC4)ccc3n2)cnn1. The molecule has 0 radical (unpaired) electrons. The van der Waals surface area contributed by atoms with E-state index in [4.69, 9.17) is 0 Å². The largest absolute Gasteiger partial charge is 0.378 e. The number of nitrogens with zero attached hydrogens (tertiary/aromatic N) is 4. The van der Waals surface area contributed by atoms with Crippen LogP contribution in [0, 0.1) is 0 Å². The average Bonchev–Trinajstić information content (AvgIpc) is 3.33. The van der Waals surface area contributed by atoms with Crippen LogP contribution in [0.5, 0.6) is 0 Å². The highest BCUT2D eigenvalue weighted by Crippen LogP contribution is 2.39. The number of imidazole rings is 1. The Morgan fingerprint density at radius 2 is 2.22 bits per heavy atom. The van der Waals surface area contributed by atoms with Gasteiger partial charge in [0, 0.05) is 18.5 Å². The van der Waals surface area contributed by atoms with Gasteiger partial charge < -0.3 is 15.0 Å². The van der Waals surface area contributed by atoms with Crippen molar-refractivity contribution in [3.63, 3.8) is 0 Å². The molecule has 116 valence electrons. The second kappa shape index (κ2) is 5.68. The maximum atomic E-state index is 10.4. The van der Waals surface area contributed by atoms with Gasteiger partial charge in [-0.15, -0.1) is 5.10 Å². The lowest BCUT2D eigenvalue weighted by Gasteiger charge is -2.04. The smallest absolute Gasteiger partial charge is 0.212 e. The number of aromatic nitrogens is 4. The molecule has 0 saturated heterocycles. The molecule has 0 unspecified atom stereocenters. The Balaban J connectivity index is 1.49. The summed E-state index contributed by atoms with van der Waals surface area (Å²) >= 11 is 0. The molecular formula is C16H16N6O. The molecular weight excluding hydrogens is 292 g/mol. The minimum Gasteiger partial charge on any atom is -0.378 e. The number of hydrogen-bond donors (Lipinski definition) is 2. The molecule has 0 aliphatic heterocycles. The van der Waals surface area contributed by atoms with Gasteiger partial charge in [0.25, 0.3) is 0 Å². The zero-order valence-electron chi connectivity index (χ0n) is 12.4. The zero-order chi connectivity index (χ0) is 15.6. The first-order valence-corrected chi connectivity index (χ1v) is 7.56. The quantitative estimate of drug-likeness (QED) is 0.682. The van der Waals surface area contributed by atoms with Crippen LogP contribution in [0.15, 0.2) is 36.8 Å². The molecule has 1 aliphatic carbocycles. The van der Waals surface area contributed by atoms with Crippen molar-refractivity contribution in [1.29, 1.82) is 0 Å². The van der Waals surface area contributed by atoms with Crippen LogP contribution >= 0.6 is 0 Å². The van der Waals surface area contributed by atoms with Gasteiger partial charge in [-0.05, 0) is 30.4 Å². The first-order chi connectivity index (χ1) is 11.3. The Bertz CT molecular complexity index is 855. The highest BCUT2D eigenvalue weighted by molar-refractivity contribution is 5.70. The van der Waals surface area contributed by atoms with E-state index in [1.165, 1.54) is 18.4 Å². The van der Waals surface area contributed by atoms with E-state index in [9.17, 15) is 4.79 Å². The van der Waals surface area contributed by atoms with E-state index in [1.807, 2.05) is 6.20 Å². The van der Waals surface area contributed by atoms with Gasteiger partial charge >= 0.3 is 0 Å². The molecule has 1 amide bonds. The minimum atomic E-state index is 0.411. The van der Waals surface area contributed by atoms with Crippen LogP contribution in [0.3, 0.4) is 0 Å². The predicted molar refractivity (Wildman–Crippen MR) is 86.2 cm³/mol. The number of anilines is 2. The predicted octanol–water partition coefficient (Wildman–Crippen LogP) is 2.18. The maximum absolute atomic E-state index is 10.4. The first kappa shape index (κ1) is 13.7. The van der Waals surface area contributed by atoms with Crippen molar-refractivity contribution >= 4 is 23.6 Å². The number of nitrogens with one attached hydrogen (secondary N) is 2. The van der Waals surface area contributed by atoms with Crippen LogP contribution in [-0.2, 0) is 11.3 Å². The summed E-state index contributed by atoms with van der Waals surface area (Å²) in [6.07, 6.45) is 8.98. The van der Waals surface area contributed by atoms with E-state index < -0.39 is 0 Å². The number of carbonyl (C=O) groups is 1. The summed E-state index contributed by atoms with van der Waals surface area (Å²) in [5, 5.41) is 13.3. The fraction of sp³-hybridized carbons (Fsp3) is 0.250. The van der Waals surface area contributed by atoms with Gasteiger partial charge in [-0.25, -0.2) is 4.98 Å². The molecule has 1 fully saturated rings. The highest BCUT2D eigenvalue weighted by Gasteiger charge is 2.23. The lowest BCUT2D eigenvalue weighted by Crippen LogP contribution is -2.03. The summed E-state index contributed by atoms with van der Waals surface area (Å²) in [7, 11) is 0. The van der Waals surface area contributed by atoms with E-state index in [0.717, 1.165) is 22.9 Å². The monoisotopic (exact) mass is 308 g/mol. The summed E-state index contributed by atoms with van der Waals surface area (Å²) in [6, 6.07) is 5.96. The van der Waals surface area contributed by atoms with Gasteiger partial charge in [0.2, 0.25) is 6.41 Å². The van der Waals surface area contributed by atoms with Gasteiger partial charge in [-0.3, -0.25) is 4.79 Å². The molecule has 3 heterocycles. The average molecular weight is 308 g/mol. The van der Waals surface area contributed by atoms with Crippen molar-refractivity contribution in [2.24, 2.45) is 0 Å². The molecule has 2 N–H and O–H groups in total. The molecule has 0 spiro atoms. The molecule has 1 saturated carbocycles. The molecule has 7 heteroatoms. The van der Waals surface area contributed by atoms with Gasteiger partial charge in [-0.1, -0.05) is 6.07 Å². The van der Waals surface area contributed by atoms with Crippen LogP contribution in [0.25, 0.3) is 5.65 Å². The summed E-state index contributed by atoms with van der Waals surface area (Å²) in [5.74, 6) is 1.14. The van der Waals surface area contributed by atoms with Crippen molar-refractivity contribution in [2.45, 2.75) is 25.3 Å². The summed E-state index contributed by atoms with van der Waals surface area (Å²) in [5.41, 5.74) is 4.06. The van der Waals surface area contributed by atoms with Gasteiger partial charge in [0.05, 0.1) is 24.1 Å². The maximum Gasteiger partial charge on any atom is 0.212 e. The molecule has 3 aromatic heterocycles. The van der Waals surface area contributed by atoms with Gasteiger partial charge in [0.15, 0.2) is 5.82 Å². The lowest BCUT2D eigenvalue weighted by molar-refractivity contribution is -0.105. The standard InChI is InChI=1S/C16H16N6O/c23-10-18-15-5-13(7-19-21-15)17-6-14-9-22-8-12(11-1-2-11)3-4-16(22)20-14/h3-5,7-11H,1-2,6H2,(H2,17,18,21,23). The van der Waals surface area contributed by atoms with Crippen molar-refractivity contribution in [2.75, 3.05) is 10.6 Å². The Morgan fingerprint density at radius 3 is 3.04 bits per heavy atom. The van der Waals surface area contributed by atoms with Crippen LogP contribution in [-0.4, -0.2) is 26.0 Å². The fourth-order valence-electron chi connectivity index (χ4n) is 2.59. The third kappa shape index (κ3) is 2.98. The Hall–Kier alpha value is -2.96. The number of amides is 1. The Labute approximate surface area is 132 Å². The number of hydrogen-bond acceptors (Lipinski definition) is 5. The molecule has 0 bridgehead atoms. The van der Waals surface area contributed by atoms with Crippen LogP contribution < -0.4 is 10.6 Å². The second-order valence-electron chi connectivity index (χ2n) is 5.68. The highest BCUT2D eigenvalue weighted by atomic mass is 16.1. The minimum absolute atomic E-state index is 0.411. The van der Waals surface area contributed by atoms with Gasteiger partial charge in [0.1, 0.15) is 5.65 Å². The third-order valence-electron chi connectivity index (χ3n) is 3.91. The van der Waals surface area contributed by atoms with Gasteiger partial charge in [-0.2, -0.15) is 5.10 Å². The number of pyridine rings is 1. The van der Waals surface area contributed by atoms with E-state index in [1.54, 1.807) is 12.3 Å². The van der Waals surface area contributed by atoms with E-state index in [-0.39, 0.29) is 0 Å². The number of carbonyl (C=O) groups excluding carboxylic acids is 1. The molecule has 4 rings (SSSR count). The number of rotatable bonds is 6. The normalized spacial score (nSPS) is 13.9. The molecule has 3 aromatic rings. The van der Waals surface area contributed by atoms with Crippen molar-refractivity contribution in [3.8, 4) is 0 Å².